The van der Waals surface area contributed by atoms with E-state index in [0.717, 1.165) is 11.6 Å². The first-order valence-electron chi connectivity index (χ1n) is 7.05. The Morgan fingerprint density at radius 1 is 1.30 bits per heavy atom. The van der Waals surface area contributed by atoms with E-state index in [-0.39, 0.29) is 0 Å². The zero-order chi connectivity index (χ0) is 14.5. The van der Waals surface area contributed by atoms with Crippen LogP contribution in [-0.2, 0) is 13.5 Å². The molecule has 0 saturated carbocycles. The standard InChI is InChI=1S/C16H23N3S/c1-5-13-6-8-14(9-7-13)15(17-3)12(2)20-16-18-10-11-19(16)4/h6-12,15,17H,5H2,1-4H3. The summed E-state index contributed by atoms with van der Waals surface area (Å²) in [6, 6.07) is 9.23. The lowest BCUT2D eigenvalue weighted by Gasteiger charge is -2.23. The average Bonchev–Trinajstić information content (AvgIpc) is 2.86. The fourth-order valence-electron chi connectivity index (χ4n) is 2.33. The van der Waals surface area contributed by atoms with Crippen molar-refractivity contribution in [3.05, 3.63) is 47.8 Å². The van der Waals surface area contributed by atoms with E-state index in [1.165, 1.54) is 11.1 Å². The second-order valence-corrected chi connectivity index (χ2v) is 6.35. The van der Waals surface area contributed by atoms with Gasteiger partial charge in [0.05, 0.1) is 0 Å². The molecule has 1 aromatic heterocycles. The molecular formula is C16H23N3S. The maximum absolute atomic E-state index is 4.39. The molecule has 1 heterocycles. The Morgan fingerprint density at radius 2 is 2.00 bits per heavy atom. The van der Waals surface area contributed by atoms with E-state index >= 15 is 0 Å². The highest BCUT2D eigenvalue weighted by Crippen LogP contribution is 2.30. The first kappa shape index (κ1) is 15.1. The highest BCUT2D eigenvalue weighted by Gasteiger charge is 2.20. The van der Waals surface area contributed by atoms with Crippen LogP contribution in [0.25, 0.3) is 0 Å². The molecule has 3 nitrogen and oxygen atoms in total. The molecule has 2 aromatic rings. The maximum atomic E-state index is 4.39. The van der Waals surface area contributed by atoms with Crippen LogP contribution in [0.4, 0.5) is 0 Å². The fourth-order valence-corrected chi connectivity index (χ4v) is 3.44. The van der Waals surface area contributed by atoms with Crippen molar-refractivity contribution in [2.75, 3.05) is 7.05 Å². The summed E-state index contributed by atoms with van der Waals surface area (Å²) in [6.45, 7) is 4.43. The predicted molar refractivity (Wildman–Crippen MR) is 86.1 cm³/mol. The highest BCUT2D eigenvalue weighted by molar-refractivity contribution is 7.99. The molecule has 0 radical (unpaired) electrons. The van der Waals surface area contributed by atoms with Crippen molar-refractivity contribution in [3.8, 4) is 0 Å². The van der Waals surface area contributed by atoms with Crippen LogP contribution in [-0.4, -0.2) is 21.8 Å². The van der Waals surface area contributed by atoms with Crippen LogP contribution in [0.3, 0.4) is 0 Å². The Balaban J connectivity index is 2.12. The van der Waals surface area contributed by atoms with Crippen molar-refractivity contribution in [2.24, 2.45) is 7.05 Å². The molecule has 0 bridgehead atoms. The molecule has 0 saturated heterocycles. The molecule has 0 spiro atoms. The molecule has 1 aromatic carbocycles. The molecular weight excluding hydrogens is 266 g/mol. The van der Waals surface area contributed by atoms with Crippen LogP contribution in [0.5, 0.6) is 0 Å². The number of nitrogens with one attached hydrogen (secondary N) is 1. The number of hydrogen-bond donors (Lipinski definition) is 1. The van der Waals surface area contributed by atoms with Gasteiger partial charge in [0, 0.05) is 30.7 Å². The van der Waals surface area contributed by atoms with Gasteiger partial charge < -0.3 is 9.88 Å². The van der Waals surface area contributed by atoms with Crippen molar-refractivity contribution >= 4 is 11.8 Å². The SMILES string of the molecule is CCc1ccc(C(NC)C(C)Sc2nccn2C)cc1. The molecule has 1 N–H and O–H groups in total. The van der Waals surface area contributed by atoms with Crippen LogP contribution >= 0.6 is 11.8 Å². The van der Waals surface area contributed by atoms with Gasteiger partial charge in [-0.3, -0.25) is 0 Å². The number of nitrogens with zero attached hydrogens (tertiary/aromatic N) is 2. The second kappa shape index (κ2) is 6.95. The van der Waals surface area contributed by atoms with Crippen LogP contribution in [0.15, 0.2) is 41.8 Å². The van der Waals surface area contributed by atoms with Crippen LogP contribution < -0.4 is 5.32 Å². The third-order valence-corrected chi connectivity index (χ3v) is 4.84. The van der Waals surface area contributed by atoms with Gasteiger partial charge in [-0.25, -0.2) is 4.98 Å². The van der Waals surface area contributed by atoms with Crippen molar-refractivity contribution in [1.29, 1.82) is 0 Å². The zero-order valence-corrected chi connectivity index (χ0v) is 13.4. The van der Waals surface area contributed by atoms with Gasteiger partial charge >= 0.3 is 0 Å². The minimum atomic E-state index is 0.322. The van der Waals surface area contributed by atoms with E-state index < -0.39 is 0 Å². The van der Waals surface area contributed by atoms with Gasteiger partial charge in [-0.05, 0) is 24.6 Å². The van der Waals surface area contributed by atoms with Gasteiger partial charge in [0.25, 0.3) is 0 Å². The minimum absolute atomic E-state index is 0.322. The summed E-state index contributed by atoms with van der Waals surface area (Å²) in [5.74, 6) is 0. The number of imidazole rings is 1. The van der Waals surface area contributed by atoms with Gasteiger partial charge in [0.15, 0.2) is 5.16 Å². The molecule has 0 aliphatic rings. The Labute approximate surface area is 125 Å². The molecule has 2 unspecified atom stereocenters. The number of thioether (sulfide) groups is 1. The summed E-state index contributed by atoms with van der Waals surface area (Å²) < 4.78 is 2.06. The number of benzene rings is 1. The molecule has 4 heteroatoms. The largest absolute Gasteiger partial charge is 0.329 e. The van der Waals surface area contributed by atoms with E-state index in [2.05, 4.69) is 53.0 Å². The summed E-state index contributed by atoms with van der Waals surface area (Å²) in [4.78, 5) is 4.39. The summed E-state index contributed by atoms with van der Waals surface area (Å²) in [6.07, 6.45) is 4.92. The monoisotopic (exact) mass is 289 g/mol. The Bertz CT molecular complexity index is 533. The Kier molecular flexibility index (Phi) is 5.26. The molecule has 2 rings (SSSR count). The third kappa shape index (κ3) is 3.44. The molecule has 0 amide bonds. The van der Waals surface area contributed by atoms with Gasteiger partial charge in [-0.2, -0.15) is 0 Å². The van der Waals surface area contributed by atoms with Crippen molar-refractivity contribution in [1.82, 2.24) is 14.9 Å². The van der Waals surface area contributed by atoms with Gasteiger partial charge in [-0.1, -0.05) is 49.9 Å². The van der Waals surface area contributed by atoms with Crippen molar-refractivity contribution < 1.29 is 0 Å². The lowest BCUT2D eigenvalue weighted by molar-refractivity contribution is 0.587. The van der Waals surface area contributed by atoms with E-state index in [9.17, 15) is 0 Å². The van der Waals surface area contributed by atoms with E-state index in [0.29, 0.717) is 11.3 Å². The highest BCUT2D eigenvalue weighted by atomic mass is 32.2. The molecule has 0 aliphatic carbocycles. The van der Waals surface area contributed by atoms with Gasteiger partial charge in [-0.15, -0.1) is 0 Å². The van der Waals surface area contributed by atoms with Crippen LogP contribution in [0.2, 0.25) is 0 Å². The maximum Gasteiger partial charge on any atom is 0.167 e. The Morgan fingerprint density at radius 3 is 2.50 bits per heavy atom. The van der Waals surface area contributed by atoms with Crippen LogP contribution in [0.1, 0.15) is 31.0 Å². The average molecular weight is 289 g/mol. The summed E-state index contributed by atoms with van der Waals surface area (Å²) in [5, 5.41) is 4.90. The molecule has 20 heavy (non-hydrogen) atoms. The van der Waals surface area contributed by atoms with Crippen molar-refractivity contribution in [3.63, 3.8) is 0 Å². The van der Waals surface area contributed by atoms with E-state index in [1.807, 2.05) is 26.5 Å². The van der Waals surface area contributed by atoms with E-state index in [4.69, 9.17) is 0 Å². The van der Waals surface area contributed by atoms with Gasteiger partial charge in [0.1, 0.15) is 0 Å². The summed E-state index contributed by atoms with van der Waals surface area (Å²) in [7, 11) is 4.06. The smallest absolute Gasteiger partial charge is 0.167 e. The molecule has 108 valence electrons. The third-order valence-electron chi connectivity index (χ3n) is 3.60. The van der Waals surface area contributed by atoms with E-state index in [1.54, 1.807) is 11.8 Å². The zero-order valence-electron chi connectivity index (χ0n) is 12.6. The minimum Gasteiger partial charge on any atom is -0.329 e. The first-order chi connectivity index (χ1) is 9.65. The lowest BCUT2D eigenvalue weighted by atomic mass is 10.0. The lowest BCUT2D eigenvalue weighted by Crippen LogP contribution is -2.25. The molecule has 0 aliphatic heterocycles. The summed E-state index contributed by atoms with van der Waals surface area (Å²) >= 11 is 1.80. The fraction of sp³-hybridized carbons (Fsp3) is 0.438. The first-order valence-corrected chi connectivity index (χ1v) is 7.93. The number of hydrogen-bond acceptors (Lipinski definition) is 3. The molecule has 2 atom stereocenters. The normalized spacial score (nSPS) is 14.2. The van der Waals surface area contributed by atoms with Crippen molar-refractivity contribution in [2.45, 2.75) is 36.7 Å². The number of rotatable bonds is 6. The summed E-state index contributed by atoms with van der Waals surface area (Å²) in [5.41, 5.74) is 2.71. The number of aryl methyl sites for hydroxylation is 2. The molecule has 0 fully saturated rings. The topological polar surface area (TPSA) is 29.9 Å². The second-order valence-electron chi connectivity index (χ2n) is 5.01. The Hall–Kier alpha value is -1.26. The van der Waals surface area contributed by atoms with Gasteiger partial charge in [0.2, 0.25) is 0 Å². The predicted octanol–water partition coefficient (Wildman–Crippen LogP) is 3.42. The van der Waals surface area contributed by atoms with Crippen LogP contribution in [0, 0.1) is 0 Å². The number of aromatic nitrogens is 2. The quantitative estimate of drug-likeness (QED) is 0.826.